The van der Waals surface area contributed by atoms with E-state index in [0.29, 0.717) is 17.3 Å². The second kappa shape index (κ2) is 7.74. The minimum Gasteiger partial charge on any atom is -0.480 e. The van der Waals surface area contributed by atoms with E-state index >= 15 is 0 Å². The number of aromatic carboxylic acids is 1. The third kappa shape index (κ3) is 3.35. The van der Waals surface area contributed by atoms with E-state index in [1.165, 1.54) is 30.6 Å². The van der Waals surface area contributed by atoms with Crippen LogP contribution in [0.3, 0.4) is 0 Å². The van der Waals surface area contributed by atoms with Crippen LogP contribution in [0.4, 0.5) is 0 Å². The second-order valence-corrected chi connectivity index (χ2v) is 8.57. The Morgan fingerprint density at radius 1 is 1.16 bits per heavy atom. The molecule has 0 radical (unpaired) electrons. The molecule has 1 N–H and O–H groups in total. The highest BCUT2D eigenvalue weighted by molar-refractivity contribution is 7.09. The maximum atomic E-state index is 11.7. The average molecular weight is 432 g/mol. The van der Waals surface area contributed by atoms with E-state index in [-0.39, 0.29) is 11.4 Å². The number of aryl methyl sites for hydroxylation is 1. The molecule has 4 aromatic rings. The van der Waals surface area contributed by atoms with Crippen molar-refractivity contribution in [2.75, 3.05) is 7.11 Å². The molecule has 1 fully saturated rings. The number of ether oxygens (including phenoxy) is 1. The summed E-state index contributed by atoms with van der Waals surface area (Å²) >= 11 is 1.36. The molecule has 7 heteroatoms. The normalized spacial score (nSPS) is 13.9. The van der Waals surface area contributed by atoms with Crippen LogP contribution in [0.5, 0.6) is 5.88 Å². The monoisotopic (exact) mass is 431 g/mol. The molecule has 0 bridgehead atoms. The van der Waals surface area contributed by atoms with Gasteiger partial charge in [-0.15, -0.1) is 0 Å². The molecule has 1 aliphatic carbocycles. The Hall–Kier alpha value is -3.32. The third-order valence-corrected chi connectivity index (χ3v) is 6.71. The molecule has 0 aliphatic heterocycles. The quantitative estimate of drug-likeness (QED) is 0.436. The van der Waals surface area contributed by atoms with Crippen LogP contribution in [0.25, 0.3) is 32.9 Å². The Morgan fingerprint density at radius 3 is 2.58 bits per heavy atom. The van der Waals surface area contributed by atoms with Gasteiger partial charge in [0.15, 0.2) is 5.82 Å². The first kappa shape index (κ1) is 19.6. The van der Waals surface area contributed by atoms with Crippen molar-refractivity contribution < 1.29 is 14.6 Å². The van der Waals surface area contributed by atoms with Gasteiger partial charge in [0.1, 0.15) is 10.6 Å². The molecule has 31 heavy (non-hydrogen) atoms. The Kier molecular flexibility index (Phi) is 4.90. The SMILES string of the molecule is COc1nc2c(-c3nsc(-c4ccccc4)n3)c(C3CCC3)cc(C)c2cc1C(=O)O. The number of benzene rings is 2. The minimum atomic E-state index is -1.06. The first-order valence-corrected chi connectivity index (χ1v) is 11.0. The predicted octanol–water partition coefficient (Wildman–Crippen LogP) is 5.70. The third-order valence-electron chi connectivity index (χ3n) is 5.95. The number of nitrogens with zero attached hydrogens (tertiary/aromatic N) is 3. The molecular weight excluding hydrogens is 410 g/mol. The van der Waals surface area contributed by atoms with Gasteiger partial charge in [0.05, 0.1) is 18.2 Å². The van der Waals surface area contributed by atoms with Crippen LogP contribution in [0, 0.1) is 6.92 Å². The van der Waals surface area contributed by atoms with E-state index in [1.807, 2.05) is 37.3 Å². The summed E-state index contributed by atoms with van der Waals surface area (Å²) in [5.41, 5.74) is 4.84. The number of aromatic nitrogens is 3. The molecule has 2 aromatic carbocycles. The van der Waals surface area contributed by atoms with Crippen LogP contribution in [0.15, 0.2) is 42.5 Å². The van der Waals surface area contributed by atoms with E-state index in [1.54, 1.807) is 6.07 Å². The highest BCUT2D eigenvalue weighted by Gasteiger charge is 2.28. The maximum absolute atomic E-state index is 11.7. The largest absolute Gasteiger partial charge is 0.480 e. The molecule has 0 amide bonds. The number of carboxylic acid groups (broad SMARTS) is 1. The van der Waals surface area contributed by atoms with Crippen molar-refractivity contribution in [3.63, 3.8) is 0 Å². The van der Waals surface area contributed by atoms with Crippen LogP contribution in [-0.2, 0) is 0 Å². The van der Waals surface area contributed by atoms with Crippen molar-refractivity contribution >= 4 is 28.4 Å². The Balaban J connectivity index is 1.78. The van der Waals surface area contributed by atoms with Gasteiger partial charge in [-0.2, -0.15) is 4.37 Å². The van der Waals surface area contributed by atoms with E-state index < -0.39 is 5.97 Å². The van der Waals surface area contributed by atoms with E-state index in [9.17, 15) is 9.90 Å². The fraction of sp³-hybridized carbons (Fsp3) is 0.250. The highest BCUT2D eigenvalue weighted by atomic mass is 32.1. The van der Waals surface area contributed by atoms with Crippen LogP contribution in [0.1, 0.15) is 46.7 Å². The van der Waals surface area contributed by atoms with Crippen LogP contribution in [-0.4, -0.2) is 32.5 Å². The first-order chi connectivity index (χ1) is 15.1. The maximum Gasteiger partial charge on any atom is 0.341 e. The standard InChI is InChI=1S/C24H21N3O3S/c1-13-11-17(14-9-6-10-14)19(20-16(13)12-18(24(28)29)22(25-20)30-2)21-26-23(31-27-21)15-7-4-3-5-8-15/h3-5,7-8,11-12,14H,6,9-10H2,1-2H3,(H,28,29). The predicted molar refractivity (Wildman–Crippen MR) is 121 cm³/mol. The van der Waals surface area contributed by atoms with Gasteiger partial charge in [-0.25, -0.2) is 14.8 Å². The smallest absolute Gasteiger partial charge is 0.341 e. The summed E-state index contributed by atoms with van der Waals surface area (Å²) in [6.07, 6.45) is 3.45. The van der Waals surface area contributed by atoms with Gasteiger partial charge in [0.2, 0.25) is 5.88 Å². The summed E-state index contributed by atoms with van der Waals surface area (Å²) < 4.78 is 10.0. The lowest BCUT2D eigenvalue weighted by Crippen LogP contribution is -2.12. The van der Waals surface area contributed by atoms with Crippen LogP contribution in [0.2, 0.25) is 0 Å². The van der Waals surface area contributed by atoms with Crippen molar-refractivity contribution in [3.8, 4) is 27.8 Å². The van der Waals surface area contributed by atoms with Gasteiger partial charge in [0, 0.05) is 10.9 Å². The molecular formula is C24H21N3O3S. The molecule has 0 spiro atoms. The van der Waals surface area contributed by atoms with Crippen molar-refractivity contribution in [3.05, 3.63) is 59.2 Å². The van der Waals surface area contributed by atoms with Crippen LogP contribution >= 0.6 is 11.5 Å². The highest BCUT2D eigenvalue weighted by Crippen LogP contribution is 2.45. The molecule has 6 nitrogen and oxygen atoms in total. The van der Waals surface area contributed by atoms with Crippen molar-refractivity contribution in [1.29, 1.82) is 0 Å². The zero-order chi connectivity index (χ0) is 21.5. The number of hydrogen-bond donors (Lipinski definition) is 1. The fourth-order valence-corrected chi connectivity index (χ4v) is 4.79. The van der Waals surface area contributed by atoms with Gasteiger partial charge in [-0.1, -0.05) is 42.8 Å². The summed E-state index contributed by atoms with van der Waals surface area (Å²) in [6, 6.07) is 13.8. The number of carboxylic acids is 1. The lowest BCUT2D eigenvalue weighted by molar-refractivity contribution is 0.0692. The van der Waals surface area contributed by atoms with Gasteiger partial charge < -0.3 is 9.84 Å². The lowest BCUT2D eigenvalue weighted by atomic mass is 9.77. The summed E-state index contributed by atoms with van der Waals surface area (Å²) in [4.78, 5) is 21.3. The summed E-state index contributed by atoms with van der Waals surface area (Å²) in [6.45, 7) is 2.00. The molecule has 0 atom stereocenters. The molecule has 156 valence electrons. The lowest BCUT2D eigenvalue weighted by Gasteiger charge is -2.28. The molecule has 0 saturated heterocycles. The molecule has 0 unspecified atom stereocenters. The summed E-state index contributed by atoms with van der Waals surface area (Å²) in [5.74, 6) is 0.112. The summed E-state index contributed by atoms with van der Waals surface area (Å²) in [7, 11) is 1.44. The number of fused-ring (bicyclic) bond motifs is 1. The molecule has 2 aromatic heterocycles. The molecule has 1 aliphatic rings. The van der Waals surface area contributed by atoms with Gasteiger partial charge >= 0.3 is 5.97 Å². The first-order valence-electron chi connectivity index (χ1n) is 10.2. The zero-order valence-electron chi connectivity index (χ0n) is 17.3. The van der Waals surface area contributed by atoms with Gasteiger partial charge in [-0.05, 0) is 54.4 Å². The van der Waals surface area contributed by atoms with Gasteiger partial charge in [-0.3, -0.25) is 0 Å². The second-order valence-electron chi connectivity index (χ2n) is 7.82. The fourth-order valence-electron chi connectivity index (χ4n) is 4.12. The van der Waals surface area contributed by atoms with E-state index in [2.05, 4.69) is 11.1 Å². The zero-order valence-corrected chi connectivity index (χ0v) is 18.1. The number of rotatable bonds is 5. The molecule has 1 saturated carbocycles. The number of methoxy groups -OCH3 is 1. The summed E-state index contributed by atoms with van der Waals surface area (Å²) in [5, 5.41) is 11.2. The Bertz CT molecular complexity index is 1300. The van der Waals surface area contributed by atoms with Crippen LogP contribution < -0.4 is 4.74 Å². The van der Waals surface area contributed by atoms with Crippen molar-refractivity contribution in [2.45, 2.75) is 32.1 Å². The Labute approximate surface area is 183 Å². The van der Waals surface area contributed by atoms with Crippen molar-refractivity contribution in [1.82, 2.24) is 14.3 Å². The Morgan fingerprint density at radius 2 is 1.94 bits per heavy atom. The topological polar surface area (TPSA) is 85.2 Å². The molecule has 2 heterocycles. The average Bonchev–Trinajstić information content (AvgIpc) is 3.22. The number of carbonyl (C=O) groups is 1. The van der Waals surface area contributed by atoms with Gasteiger partial charge in [0.25, 0.3) is 0 Å². The van der Waals surface area contributed by atoms with E-state index in [0.717, 1.165) is 39.9 Å². The number of hydrogen-bond acceptors (Lipinski definition) is 6. The minimum absolute atomic E-state index is 0.0525. The van der Waals surface area contributed by atoms with Crippen molar-refractivity contribution in [2.24, 2.45) is 0 Å². The number of pyridine rings is 1. The van der Waals surface area contributed by atoms with E-state index in [4.69, 9.17) is 14.1 Å². The molecule has 5 rings (SSSR count).